The van der Waals surface area contributed by atoms with Gasteiger partial charge < -0.3 is 4.74 Å². The Kier molecular flexibility index (Phi) is 7.66. The lowest BCUT2D eigenvalue weighted by molar-refractivity contribution is -0.143. The van der Waals surface area contributed by atoms with E-state index in [2.05, 4.69) is 31.3 Å². The lowest BCUT2D eigenvalue weighted by Crippen LogP contribution is -2.44. The fourth-order valence-corrected chi connectivity index (χ4v) is 2.07. The van der Waals surface area contributed by atoms with E-state index in [0.29, 0.717) is 6.42 Å². The molecule has 0 aliphatic heterocycles. The molecule has 0 spiro atoms. The number of benzene rings is 1. The third-order valence-electron chi connectivity index (χ3n) is 3.23. The summed E-state index contributed by atoms with van der Waals surface area (Å²) >= 11 is 0. The molecule has 0 heterocycles. The van der Waals surface area contributed by atoms with Crippen LogP contribution in [-0.2, 0) is 16.0 Å². The van der Waals surface area contributed by atoms with Gasteiger partial charge in [0.2, 0.25) is 0 Å². The Morgan fingerprint density at radius 2 is 2.00 bits per heavy atom. The van der Waals surface area contributed by atoms with Gasteiger partial charge in [0.25, 0.3) is 0 Å². The van der Waals surface area contributed by atoms with Gasteiger partial charge in [-0.05, 0) is 24.8 Å². The summed E-state index contributed by atoms with van der Waals surface area (Å²) < 4.78 is 4.91. The number of nitrogens with one attached hydrogen (secondary N) is 1. The predicted molar refractivity (Wildman–Crippen MR) is 82.6 cm³/mol. The smallest absolute Gasteiger partial charge is 0.323 e. The Balaban J connectivity index is 2.73. The maximum absolute atomic E-state index is 11.9. The summed E-state index contributed by atoms with van der Waals surface area (Å²) in [5, 5.41) is 3.38. The van der Waals surface area contributed by atoms with Crippen molar-refractivity contribution in [3.8, 4) is 0 Å². The quantitative estimate of drug-likeness (QED) is 0.585. The highest BCUT2D eigenvalue weighted by Crippen LogP contribution is 2.07. The van der Waals surface area contributed by atoms with Crippen LogP contribution in [-0.4, -0.2) is 25.2 Å². The second-order valence-corrected chi connectivity index (χ2v) is 4.78. The highest BCUT2D eigenvalue weighted by molar-refractivity contribution is 5.76. The minimum Gasteiger partial charge on any atom is -0.468 e. The Bertz CT molecular complexity index is 414. The molecule has 0 saturated carbocycles. The van der Waals surface area contributed by atoms with Crippen molar-refractivity contribution in [1.82, 2.24) is 5.32 Å². The number of carbonyl (C=O) groups is 1. The molecule has 20 heavy (non-hydrogen) atoms. The van der Waals surface area contributed by atoms with E-state index in [9.17, 15) is 4.79 Å². The third-order valence-corrected chi connectivity index (χ3v) is 3.23. The van der Waals surface area contributed by atoms with E-state index in [1.165, 1.54) is 7.11 Å². The zero-order chi connectivity index (χ0) is 14.8. The average Bonchev–Trinajstić information content (AvgIpc) is 2.50. The van der Waals surface area contributed by atoms with Crippen LogP contribution >= 0.6 is 0 Å². The first kappa shape index (κ1) is 16.4. The third kappa shape index (κ3) is 5.57. The minimum atomic E-state index is -0.311. The Labute approximate surface area is 122 Å². The van der Waals surface area contributed by atoms with Crippen molar-refractivity contribution < 1.29 is 9.53 Å². The summed E-state index contributed by atoms with van der Waals surface area (Å²) in [7, 11) is 1.44. The van der Waals surface area contributed by atoms with Gasteiger partial charge >= 0.3 is 5.97 Å². The molecule has 3 heteroatoms. The van der Waals surface area contributed by atoms with Crippen molar-refractivity contribution in [3.05, 3.63) is 48.0 Å². The van der Waals surface area contributed by atoms with Gasteiger partial charge in [0, 0.05) is 6.04 Å². The molecule has 0 radical (unpaired) electrons. The van der Waals surface area contributed by atoms with Gasteiger partial charge in [0.05, 0.1) is 7.11 Å². The van der Waals surface area contributed by atoms with Crippen LogP contribution in [0.5, 0.6) is 0 Å². The summed E-state index contributed by atoms with van der Waals surface area (Å²) in [6, 6.07) is 9.89. The molecular formula is C17H25NO2. The van der Waals surface area contributed by atoms with Gasteiger partial charge in [-0.25, -0.2) is 0 Å². The SMILES string of the molecule is CC/C=C/C(CC)NC(Cc1ccccc1)C(=O)OC. The summed E-state index contributed by atoms with van der Waals surface area (Å²) in [5.41, 5.74) is 1.13. The van der Waals surface area contributed by atoms with Gasteiger partial charge in [0.15, 0.2) is 0 Å². The molecule has 0 fully saturated rings. The van der Waals surface area contributed by atoms with Gasteiger partial charge in [-0.2, -0.15) is 0 Å². The maximum atomic E-state index is 11.9. The molecule has 0 aromatic heterocycles. The molecule has 0 amide bonds. The van der Waals surface area contributed by atoms with E-state index in [-0.39, 0.29) is 18.1 Å². The Morgan fingerprint density at radius 1 is 1.30 bits per heavy atom. The summed E-state index contributed by atoms with van der Waals surface area (Å²) in [6.45, 7) is 4.21. The van der Waals surface area contributed by atoms with Crippen LogP contribution in [0.4, 0.5) is 0 Å². The van der Waals surface area contributed by atoms with Gasteiger partial charge in [-0.1, -0.05) is 56.3 Å². The monoisotopic (exact) mass is 275 g/mol. The van der Waals surface area contributed by atoms with Crippen LogP contribution in [0.15, 0.2) is 42.5 Å². The van der Waals surface area contributed by atoms with Crippen LogP contribution in [0.25, 0.3) is 0 Å². The molecule has 2 unspecified atom stereocenters. The van der Waals surface area contributed by atoms with Crippen LogP contribution in [0.2, 0.25) is 0 Å². The van der Waals surface area contributed by atoms with Crippen molar-refractivity contribution in [3.63, 3.8) is 0 Å². The van der Waals surface area contributed by atoms with Gasteiger partial charge in [-0.3, -0.25) is 10.1 Å². The number of hydrogen-bond acceptors (Lipinski definition) is 3. The average molecular weight is 275 g/mol. The zero-order valence-corrected chi connectivity index (χ0v) is 12.6. The van der Waals surface area contributed by atoms with E-state index in [1.54, 1.807) is 0 Å². The van der Waals surface area contributed by atoms with Crippen LogP contribution < -0.4 is 5.32 Å². The van der Waals surface area contributed by atoms with E-state index >= 15 is 0 Å². The van der Waals surface area contributed by atoms with Gasteiger partial charge in [0.1, 0.15) is 6.04 Å². The van der Waals surface area contributed by atoms with Crippen LogP contribution in [0.3, 0.4) is 0 Å². The molecule has 1 N–H and O–H groups in total. The molecule has 2 atom stereocenters. The number of ether oxygens (including phenoxy) is 1. The second kappa shape index (κ2) is 9.32. The highest BCUT2D eigenvalue weighted by atomic mass is 16.5. The molecule has 0 aliphatic rings. The van der Waals surface area contributed by atoms with Crippen molar-refractivity contribution >= 4 is 5.97 Å². The van der Waals surface area contributed by atoms with Crippen LogP contribution in [0, 0.1) is 0 Å². The zero-order valence-electron chi connectivity index (χ0n) is 12.6. The molecule has 3 nitrogen and oxygen atoms in total. The number of allylic oxidation sites excluding steroid dienone is 1. The number of rotatable bonds is 8. The van der Waals surface area contributed by atoms with Crippen molar-refractivity contribution in [1.29, 1.82) is 0 Å². The number of carbonyl (C=O) groups excluding carboxylic acids is 1. The summed E-state index contributed by atoms with van der Waals surface area (Å²) in [4.78, 5) is 11.9. The largest absolute Gasteiger partial charge is 0.468 e. The molecule has 1 rings (SSSR count). The lowest BCUT2D eigenvalue weighted by atomic mass is 10.0. The molecule has 0 aliphatic carbocycles. The summed E-state index contributed by atoms with van der Waals surface area (Å²) in [6.07, 6.45) is 6.83. The molecule has 1 aromatic rings. The second-order valence-electron chi connectivity index (χ2n) is 4.78. The van der Waals surface area contributed by atoms with E-state index in [4.69, 9.17) is 4.74 Å². The first-order chi connectivity index (χ1) is 9.71. The first-order valence-corrected chi connectivity index (χ1v) is 7.25. The topological polar surface area (TPSA) is 38.3 Å². The fourth-order valence-electron chi connectivity index (χ4n) is 2.07. The number of methoxy groups -OCH3 is 1. The highest BCUT2D eigenvalue weighted by Gasteiger charge is 2.21. The first-order valence-electron chi connectivity index (χ1n) is 7.25. The molecule has 1 aromatic carbocycles. The minimum absolute atomic E-state index is 0.197. The van der Waals surface area contributed by atoms with Crippen molar-refractivity contribution in [2.45, 2.75) is 45.2 Å². The molecule has 0 bridgehead atoms. The van der Waals surface area contributed by atoms with E-state index in [0.717, 1.165) is 18.4 Å². The van der Waals surface area contributed by atoms with Crippen molar-refractivity contribution in [2.24, 2.45) is 0 Å². The molecular weight excluding hydrogens is 250 g/mol. The number of hydrogen-bond donors (Lipinski definition) is 1. The van der Waals surface area contributed by atoms with Crippen LogP contribution in [0.1, 0.15) is 32.3 Å². The van der Waals surface area contributed by atoms with E-state index in [1.807, 2.05) is 30.3 Å². The normalized spacial score (nSPS) is 14.2. The lowest BCUT2D eigenvalue weighted by Gasteiger charge is -2.21. The molecule has 0 saturated heterocycles. The molecule has 110 valence electrons. The maximum Gasteiger partial charge on any atom is 0.323 e. The Morgan fingerprint density at radius 3 is 2.55 bits per heavy atom. The Hall–Kier alpha value is -1.61. The predicted octanol–water partition coefficient (Wildman–Crippen LogP) is 3.11. The fraction of sp³-hybridized carbons (Fsp3) is 0.471. The standard InChI is InChI=1S/C17H25NO2/c1-4-6-12-15(5-2)18-16(17(19)20-3)13-14-10-8-7-9-11-14/h6-12,15-16,18H,4-5,13H2,1-3H3/b12-6+. The van der Waals surface area contributed by atoms with Crippen molar-refractivity contribution in [2.75, 3.05) is 7.11 Å². The van der Waals surface area contributed by atoms with E-state index < -0.39 is 0 Å². The van der Waals surface area contributed by atoms with Gasteiger partial charge in [-0.15, -0.1) is 0 Å². The number of esters is 1. The summed E-state index contributed by atoms with van der Waals surface area (Å²) in [5.74, 6) is -0.211.